The Morgan fingerprint density at radius 1 is 1.45 bits per heavy atom. The van der Waals surface area contributed by atoms with Crippen LogP contribution in [-0.4, -0.2) is 40.9 Å². The predicted octanol–water partition coefficient (Wildman–Crippen LogP) is 2.38. The number of halogens is 1. The number of Topliss-reactive ketones (excluding diaryl/α,β-unsaturated/α-hetero) is 1. The molecule has 0 aliphatic carbocycles. The van der Waals surface area contributed by atoms with E-state index >= 15 is 0 Å². The summed E-state index contributed by atoms with van der Waals surface area (Å²) in [6.07, 6.45) is 0.450. The van der Waals surface area contributed by atoms with E-state index < -0.39 is 11.0 Å². The number of ether oxygens (including phenoxy) is 1. The second-order valence-electron chi connectivity index (χ2n) is 5.81. The molecule has 22 heavy (non-hydrogen) atoms. The zero-order valence-electron chi connectivity index (χ0n) is 12.9. The lowest BCUT2D eigenvalue weighted by molar-refractivity contribution is -0.132. The maximum atomic E-state index is 12.5. The number of alkyl halides is 1. The number of carbonyl (C=O) groups excluding carboxylic acids is 2. The van der Waals surface area contributed by atoms with Gasteiger partial charge in [0.1, 0.15) is 5.75 Å². The van der Waals surface area contributed by atoms with Gasteiger partial charge in [0.2, 0.25) is 0 Å². The Bertz CT molecular complexity index is 598. The minimum atomic E-state index is -0.978. The molecular formula is C16H20ClNO4. The summed E-state index contributed by atoms with van der Waals surface area (Å²) >= 11 is 5.85. The van der Waals surface area contributed by atoms with Crippen LogP contribution < -0.4 is 9.64 Å². The van der Waals surface area contributed by atoms with Crippen LogP contribution in [0.5, 0.6) is 5.75 Å². The standard InChI is InChI=1S/C16H20ClNO4/c1-10(17)14(20)11-5-6-13-12(9-11)18(7-4-8-19)15(21)16(2,3)22-13/h5-6,9-10,19H,4,7-8H2,1-3H3. The zero-order valence-corrected chi connectivity index (χ0v) is 13.7. The van der Waals surface area contributed by atoms with Gasteiger partial charge in [-0.05, 0) is 45.4 Å². The van der Waals surface area contributed by atoms with Crippen molar-refractivity contribution in [3.8, 4) is 5.75 Å². The highest BCUT2D eigenvalue weighted by molar-refractivity contribution is 6.33. The number of benzene rings is 1. The molecule has 1 atom stereocenters. The Morgan fingerprint density at radius 3 is 2.73 bits per heavy atom. The third-order valence-electron chi connectivity index (χ3n) is 3.56. The molecule has 0 saturated carbocycles. The van der Waals surface area contributed by atoms with Gasteiger partial charge in [-0.15, -0.1) is 11.6 Å². The molecule has 0 spiro atoms. The number of carbonyl (C=O) groups is 2. The largest absolute Gasteiger partial charge is 0.476 e. The first-order chi connectivity index (χ1) is 10.3. The first-order valence-electron chi connectivity index (χ1n) is 7.22. The molecule has 0 aromatic heterocycles. The van der Waals surface area contributed by atoms with Crippen molar-refractivity contribution in [3.05, 3.63) is 23.8 Å². The minimum Gasteiger partial charge on any atom is -0.476 e. The van der Waals surface area contributed by atoms with E-state index in [1.807, 2.05) is 0 Å². The molecule has 1 aromatic carbocycles. The molecule has 1 amide bonds. The summed E-state index contributed by atoms with van der Waals surface area (Å²) in [5, 5.41) is 8.40. The van der Waals surface area contributed by atoms with Crippen LogP contribution in [0.25, 0.3) is 0 Å². The fourth-order valence-electron chi connectivity index (χ4n) is 2.40. The van der Waals surface area contributed by atoms with Crippen LogP contribution >= 0.6 is 11.6 Å². The van der Waals surface area contributed by atoms with Crippen LogP contribution in [0.1, 0.15) is 37.6 Å². The summed E-state index contributed by atoms with van der Waals surface area (Å²) in [6, 6.07) is 4.96. The molecule has 1 aliphatic rings. The van der Waals surface area contributed by atoms with Gasteiger partial charge >= 0.3 is 0 Å². The van der Waals surface area contributed by atoms with Gasteiger partial charge in [-0.2, -0.15) is 0 Å². The third kappa shape index (κ3) is 3.10. The maximum Gasteiger partial charge on any atom is 0.270 e. The lowest BCUT2D eigenvalue weighted by Gasteiger charge is -2.39. The summed E-state index contributed by atoms with van der Waals surface area (Å²) in [7, 11) is 0. The SMILES string of the molecule is CC(Cl)C(=O)c1ccc2c(c1)N(CCCO)C(=O)C(C)(C)O2. The van der Waals surface area contributed by atoms with Gasteiger partial charge in [0.15, 0.2) is 11.4 Å². The molecule has 120 valence electrons. The molecule has 0 saturated heterocycles. The van der Waals surface area contributed by atoms with Gasteiger partial charge in [-0.1, -0.05) is 0 Å². The van der Waals surface area contributed by atoms with E-state index in [0.29, 0.717) is 30.0 Å². The van der Waals surface area contributed by atoms with E-state index in [0.717, 1.165) is 0 Å². The highest BCUT2D eigenvalue weighted by atomic mass is 35.5. The number of nitrogens with zero attached hydrogens (tertiary/aromatic N) is 1. The number of aliphatic hydroxyl groups is 1. The highest BCUT2D eigenvalue weighted by Gasteiger charge is 2.40. The van der Waals surface area contributed by atoms with Gasteiger partial charge in [-0.25, -0.2) is 0 Å². The normalized spacial score (nSPS) is 17.7. The minimum absolute atomic E-state index is 0.0161. The summed E-state index contributed by atoms with van der Waals surface area (Å²) in [5.74, 6) is 0.141. The Kier molecular flexibility index (Phi) is 4.78. The van der Waals surface area contributed by atoms with Crippen molar-refractivity contribution in [2.24, 2.45) is 0 Å². The summed E-state index contributed by atoms with van der Waals surface area (Å²) in [6.45, 7) is 5.35. The van der Waals surface area contributed by atoms with Gasteiger partial charge in [0.25, 0.3) is 5.91 Å². The summed E-state index contributed by atoms with van der Waals surface area (Å²) < 4.78 is 5.74. The van der Waals surface area contributed by atoms with Crippen LogP contribution in [0.2, 0.25) is 0 Å². The number of hydrogen-bond acceptors (Lipinski definition) is 4. The molecule has 1 aliphatic heterocycles. The van der Waals surface area contributed by atoms with E-state index in [4.69, 9.17) is 21.4 Å². The van der Waals surface area contributed by atoms with Crippen molar-refractivity contribution in [2.75, 3.05) is 18.1 Å². The number of amides is 1. The number of aliphatic hydroxyl groups excluding tert-OH is 1. The predicted molar refractivity (Wildman–Crippen MR) is 84.9 cm³/mol. The second kappa shape index (κ2) is 6.26. The average Bonchev–Trinajstić information content (AvgIpc) is 2.46. The first-order valence-corrected chi connectivity index (χ1v) is 7.65. The molecule has 0 bridgehead atoms. The molecule has 1 N–H and O–H groups in total. The molecule has 6 heteroatoms. The van der Waals surface area contributed by atoms with Crippen LogP contribution in [-0.2, 0) is 4.79 Å². The molecule has 2 rings (SSSR count). The summed E-state index contributed by atoms with van der Waals surface area (Å²) in [4.78, 5) is 26.1. The van der Waals surface area contributed by atoms with Gasteiger partial charge in [-0.3, -0.25) is 9.59 Å². The van der Waals surface area contributed by atoms with E-state index in [1.54, 1.807) is 43.9 Å². The average molecular weight is 326 g/mol. The van der Waals surface area contributed by atoms with Crippen molar-refractivity contribution >= 4 is 29.0 Å². The van der Waals surface area contributed by atoms with E-state index in [-0.39, 0.29) is 18.3 Å². The van der Waals surface area contributed by atoms with Crippen molar-refractivity contribution in [1.29, 1.82) is 0 Å². The van der Waals surface area contributed by atoms with E-state index in [9.17, 15) is 9.59 Å². The van der Waals surface area contributed by atoms with E-state index in [2.05, 4.69) is 0 Å². The van der Waals surface area contributed by atoms with Crippen LogP contribution in [0, 0.1) is 0 Å². The zero-order chi connectivity index (χ0) is 16.5. The molecular weight excluding hydrogens is 306 g/mol. The quantitative estimate of drug-likeness (QED) is 0.666. The molecule has 5 nitrogen and oxygen atoms in total. The van der Waals surface area contributed by atoms with Crippen LogP contribution in [0.4, 0.5) is 5.69 Å². The van der Waals surface area contributed by atoms with E-state index in [1.165, 1.54) is 0 Å². The maximum absolute atomic E-state index is 12.5. The van der Waals surface area contributed by atoms with Gasteiger partial charge < -0.3 is 14.7 Å². The molecule has 1 heterocycles. The number of ketones is 1. The fourth-order valence-corrected chi connectivity index (χ4v) is 2.53. The van der Waals surface area contributed by atoms with Crippen molar-refractivity contribution < 1.29 is 19.4 Å². The van der Waals surface area contributed by atoms with Gasteiger partial charge in [0.05, 0.1) is 11.1 Å². The Morgan fingerprint density at radius 2 is 2.14 bits per heavy atom. The molecule has 1 aromatic rings. The van der Waals surface area contributed by atoms with Crippen molar-refractivity contribution in [3.63, 3.8) is 0 Å². The first kappa shape index (κ1) is 16.8. The lowest BCUT2D eigenvalue weighted by Crippen LogP contribution is -2.52. The number of fused-ring (bicyclic) bond motifs is 1. The Labute approximate surface area is 134 Å². The topological polar surface area (TPSA) is 66.8 Å². The van der Waals surface area contributed by atoms with Crippen molar-refractivity contribution in [1.82, 2.24) is 0 Å². The lowest BCUT2D eigenvalue weighted by atomic mass is 10.0. The number of hydrogen-bond donors (Lipinski definition) is 1. The molecule has 0 fully saturated rings. The fraction of sp³-hybridized carbons (Fsp3) is 0.500. The van der Waals surface area contributed by atoms with Crippen molar-refractivity contribution in [2.45, 2.75) is 38.2 Å². The highest BCUT2D eigenvalue weighted by Crippen LogP contribution is 2.38. The summed E-state index contributed by atoms with van der Waals surface area (Å²) in [5.41, 5.74) is 0.000563. The third-order valence-corrected chi connectivity index (χ3v) is 3.76. The smallest absolute Gasteiger partial charge is 0.270 e. The van der Waals surface area contributed by atoms with Crippen LogP contribution in [0.15, 0.2) is 18.2 Å². The van der Waals surface area contributed by atoms with Gasteiger partial charge in [0, 0.05) is 18.7 Å². The number of anilines is 1. The number of rotatable bonds is 5. The molecule has 1 unspecified atom stereocenters. The second-order valence-corrected chi connectivity index (χ2v) is 6.46. The Hall–Kier alpha value is -1.59. The monoisotopic (exact) mass is 325 g/mol. The Balaban J connectivity index is 2.46. The molecule has 0 radical (unpaired) electrons. The van der Waals surface area contributed by atoms with Crippen LogP contribution in [0.3, 0.4) is 0 Å².